The van der Waals surface area contributed by atoms with Crippen LogP contribution in [0.4, 0.5) is 0 Å². The van der Waals surface area contributed by atoms with Crippen LogP contribution in [0, 0.1) is 0 Å². The Morgan fingerprint density at radius 3 is 2.96 bits per heavy atom. The topological polar surface area (TPSA) is 82.6 Å². The van der Waals surface area contributed by atoms with Crippen molar-refractivity contribution in [3.63, 3.8) is 0 Å². The first kappa shape index (κ1) is 15.7. The molecule has 0 spiro atoms. The molecule has 2 aliphatic rings. The number of rotatable bonds is 6. The molecule has 4 rings (SSSR count). The lowest BCUT2D eigenvalue weighted by atomic mass is 10.2. The Kier molecular flexibility index (Phi) is 4.13. The van der Waals surface area contributed by atoms with Gasteiger partial charge in [0, 0.05) is 17.7 Å². The molecule has 7 nitrogen and oxygen atoms in total. The minimum absolute atomic E-state index is 0.204. The highest BCUT2D eigenvalue weighted by Gasteiger charge is 2.25. The second-order valence-electron chi connectivity index (χ2n) is 6.20. The summed E-state index contributed by atoms with van der Waals surface area (Å²) in [7, 11) is 0. The van der Waals surface area contributed by atoms with Gasteiger partial charge in [-0.3, -0.25) is 4.79 Å². The van der Waals surface area contributed by atoms with E-state index in [4.69, 9.17) is 14.2 Å². The van der Waals surface area contributed by atoms with Crippen molar-refractivity contribution in [3.8, 4) is 17.2 Å². The largest absolute Gasteiger partial charge is 0.481 e. The van der Waals surface area contributed by atoms with Gasteiger partial charge in [-0.2, -0.15) is 0 Å². The summed E-state index contributed by atoms with van der Waals surface area (Å²) in [6.07, 6.45) is 3.29. The molecule has 1 amide bonds. The number of nitrogens with one attached hydrogen (secondary N) is 1. The maximum Gasteiger partial charge on any atom is 0.261 e. The number of carbonyl (C=O) groups excluding carboxylic acids is 1. The average Bonchev–Trinajstić information content (AvgIpc) is 3.38. The lowest BCUT2D eigenvalue weighted by Gasteiger charge is -2.15. The van der Waals surface area contributed by atoms with Gasteiger partial charge in [0.15, 0.2) is 17.6 Å². The zero-order valence-electron chi connectivity index (χ0n) is 13.9. The lowest BCUT2D eigenvalue weighted by Crippen LogP contribution is -2.36. The number of amides is 1. The molecule has 1 aliphatic carbocycles. The number of hydrogen-bond donors (Lipinski definition) is 1. The van der Waals surface area contributed by atoms with Crippen molar-refractivity contribution < 1.29 is 19.0 Å². The Hall–Kier alpha value is -2.83. The predicted octanol–water partition coefficient (Wildman–Crippen LogP) is 2.17. The number of benzene rings is 1. The molecule has 0 bridgehead atoms. The fourth-order valence-electron chi connectivity index (χ4n) is 2.64. The number of carbonyl (C=O) groups is 1. The lowest BCUT2D eigenvalue weighted by molar-refractivity contribution is -0.127. The normalized spacial score (nSPS) is 16.4. The van der Waals surface area contributed by atoms with Gasteiger partial charge in [-0.05, 0) is 38.0 Å². The summed E-state index contributed by atoms with van der Waals surface area (Å²) < 4.78 is 16.2. The summed E-state index contributed by atoms with van der Waals surface area (Å²) in [4.78, 5) is 20.7. The van der Waals surface area contributed by atoms with Crippen LogP contribution in [0.5, 0.6) is 17.2 Å². The van der Waals surface area contributed by atoms with E-state index in [-0.39, 0.29) is 12.7 Å². The van der Waals surface area contributed by atoms with Crippen LogP contribution in [0.15, 0.2) is 30.6 Å². The third kappa shape index (κ3) is 3.65. The summed E-state index contributed by atoms with van der Waals surface area (Å²) in [6, 6.07) is 7.20. The molecule has 130 valence electrons. The molecule has 0 saturated heterocycles. The van der Waals surface area contributed by atoms with Crippen molar-refractivity contribution in [2.24, 2.45) is 0 Å². The fraction of sp³-hybridized carbons (Fsp3) is 0.389. The molecule has 1 atom stereocenters. The number of fused-ring (bicyclic) bond motifs is 1. The van der Waals surface area contributed by atoms with E-state index in [0.29, 0.717) is 29.7 Å². The van der Waals surface area contributed by atoms with E-state index in [1.807, 2.05) is 6.07 Å². The van der Waals surface area contributed by atoms with Crippen molar-refractivity contribution in [1.82, 2.24) is 15.3 Å². The molecule has 1 saturated carbocycles. The van der Waals surface area contributed by atoms with Crippen molar-refractivity contribution in [2.75, 3.05) is 6.79 Å². The van der Waals surface area contributed by atoms with E-state index in [1.54, 1.807) is 31.5 Å². The number of hydrogen-bond acceptors (Lipinski definition) is 6. The van der Waals surface area contributed by atoms with Gasteiger partial charge in [0.1, 0.15) is 12.1 Å². The first-order valence-corrected chi connectivity index (χ1v) is 8.34. The molecular weight excluding hydrogens is 322 g/mol. The summed E-state index contributed by atoms with van der Waals surface area (Å²) in [5.41, 5.74) is 1.87. The van der Waals surface area contributed by atoms with Crippen molar-refractivity contribution in [3.05, 3.63) is 42.0 Å². The van der Waals surface area contributed by atoms with Crippen LogP contribution in [0.25, 0.3) is 0 Å². The number of ether oxygens (including phenoxy) is 3. The molecule has 0 radical (unpaired) electrons. The Labute approximate surface area is 145 Å². The summed E-state index contributed by atoms with van der Waals surface area (Å²) in [5.74, 6) is 2.22. The van der Waals surface area contributed by atoms with Crippen molar-refractivity contribution in [2.45, 2.75) is 38.3 Å². The van der Waals surface area contributed by atoms with Crippen LogP contribution < -0.4 is 19.5 Å². The zero-order chi connectivity index (χ0) is 17.2. The zero-order valence-corrected chi connectivity index (χ0v) is 13.9. The molecule has 1 aliphatic heterocycles. The highest BCUT2D eigenvalue weighted by Crippen LogP contribution is 2.38. The maximum absolute atomic E-state index is 12.3. The quantitative estimate of drug-likeness (QED) is 0.867. The third-order valence-electron chi connectivity index (χ3n) is 4.21. The van der Waals surface area contributed by atoms with Crippen molar-refractivity contribution >= 4 is 5.91 Å². The van der Waals surface area contributed by atoms with Crippen LogP contribution in [0.2, 0.25) is 0 Å². The van der Waals surface area contributed by atoms with Crippen LogP contribution in [-0.4, -0.2) is 28.8 Å². The number of aromatic nitrogens is 2. The summed E-state index contributed by atoms with van der Waals surface area (Å²) >= 11 is 0. The van der Waals surface area contributed by atoms with Gasteiger partial charge >= 0.3 is 0 Å². The highest BCUT2D eigenvalue weighted by molar-refractivity contribution is 5.80. The molecule has 2 heterocycles. The van der Waals surface area contributed by atoms with Gasteiger partial charge in [0.05, 0.1) is 12.2 Å². The van der Waals surface area contributed by atoms with Gasteiger partial charge < -0.3 is 19.5 Å². The molecule has 1 fully saturated rings. The minimum atomic E-state index is -0.634. The molecule has 25 heavy (non-hydrogen) atoms. The van der Waals surface area contributed by atoms with Gasteiger partial charge in [-0.15, -0.1) is 0 Å². The van der Waals surface area contributed by atoms with E-state index in [1.165, 1.54) is 12.8 Å². The Morgan fingerprint density at radius 2 is 2.12 bits per heavy atom. The minimum Gasteiger partial charge on any atom is -0.481 e. The van der Waals surface area contributed by atoms with Gasteiger partial charge in [0.25, 0.3) is 5.91 Å². The van der Waals surface area contributed by atoms with E-state index in [9.17, 15) is 4.79 Å². The van der Waals surface area contributed by atoms with E-state index < -0.39 is 6.10 Å². The summed E-state index contributed by atoms with van der Waals surface area (Å²) in [6.45, 7) is 2.27. The monoisotopic (exact) mass is 341 g/mol. The average molecular weight is 341 g/mol. The highest BCUT2D eigenvalue weighted by atomic mass is 16.7. The van der Waals surface area contributed by atoms with Gasteiger partial charge in [-0.1, -0.05) is 0 Å². The first-order valence-electron chi connectivity index (χ1n) is 8.34. The second-order valence-corrected chi connectivity index (χ2v) is 6.20. The molecule has 7 heteroatoms. The maximum atomic E-state index is 12.3. The summed E-state index contributed by atoms with van der Waals surface area (Å²) in [5, 5.41) is 2.85. The molecule has 1 unspecified atom stereocenters. The molecule has 1 aromatic carbocycles. The number of nitrogens with zero attached hydrogens (tertiary/aromatic N) is 2. The van der Waals surface area contributed by atoms with Crippen LogP contribution in [-0.2, 0) is 11.3 Å². The van der Waals surface area contributed by atoms with E-state index in [2.05, 4.69) is 15.3 Å². The Morgan fingerprint density at radius 1 is 1.28 bits per heavy atom. The van der Waals surface area contributed by atoms with Gasteiger partial charge in [-0.25, -0.2) is 9.97 Å². The molecular formula is C18H19N3O4. The van der Waals surface area contributed by atoms with Crippen LogP contribution >= 0.6 is 0 Å². The van der Waals surface area contributed by atoms with Crippen LogP contribution in [0.3, 0.4) is 0 Å². The first-order chi connectivity index (χ1) is 12.2. The van der Waals surface area contributed by atoms with Crippen LogP contribution in [0.1, 0.15) is 37.1 Å². The predicted molar refractivity (Wildman–Crippen MR) is 88.5 cm³/mol. The standard InChI is InChI=1S/C18H19N3O4/c1-11(25-14-4-5-16-17(7-14)24-10-23-16)18(22)19-8-13-6-15(12-2-3-12)21-9-20-13/h4-7,9,11-12H,2-3,8,10H2,1H3,(H,19,22). The molecule has 1 N–H and O–H groups in total. The van der Waals surface area contributed by atoms with E-state index >= 15 is 0 Å². The molecule has 1 aromatic heterocycles. The SMILES string of the molecule is CC(Oc1ccc2c(c1)OCO2)C(=O)NCc1cc(C2CC2)ncn1. The Balaban J connectivity index is 1.32. The van der Waals surface area contributed by atoms with E-state index in [0.717, 1.165) is 11.4 Å². The third-order valence-corrected chi connectivity index (χ3v) is 4.21. The second kappa shape index (κ2) is 6.58. The smallest absolute Gasteiger partial charge is 0.261 e. The fourth-order valence-corrected chi connectivity index (χ4v) is 2.64. The van der Waals surface area contributed by atoms with Gasteiger partial charge in [0.2, 0.25) is 6.79 Å². The Bertz CT molecular complexity index is 792. The van der Waals surface area contributed by atoms with Crippen molar-refractivity contribution in [1.29, 1.82) is 0 Å². The molecule has 2 aromatic rings.